The molecule has 0 bridgehead atoms. The average Bonchev–Trinajstić information content (AvgIpc) is 2.35. The van der Waals surface area contributed by atoms with E-state index in [1.807, 2.05) is 0 Å². The smallest absolute Gasteiger partial charge is 0.155 e. The van der Waals surface area contributed by atoms with Gasteiger partial charge < -0.3 is 4.74 Å². The van der Waals surface area contributed by atoms with E-state index in [1.165, 1.54) is 0 Å². The number of aldehydes is 1. The SMILES string of the molecule is O=Cc1c(Cl)cccc1Oc1cccc(Cl)c1Cl. The van der Waals surface area contributed by atoms with Crippen molar-refractivity contribution in [3.63, 3.8) is 0 Å². The van der Waals surface area contributed by atoms with Crippen molar-refractivity contribution in [1.29, 1.82) is 0 Å². The van der Waals surface area contributed by atoms with E-state index in [-0.39, 0.29) is 10.6 Å². The number of hydrogen-bond donors (Lipinski definition) is 0. The summed E-state index contributed by atoms with van der Waals surface area (Å²) in [6.07, 6.45) is 0.635. The van der Waals surface area contributed by atoms with Crippen molar-refractivity contribution in [2.45, 2.75) is 0 Å². The Kier molecular flexibility index (Phi) is 4.12. The molecule has 5 heteroatoms. The first kappa shape index (κ1) is 13.2. The molecule has 2 aromatic rings. The summed E-state index contributed by atoms with van der Waals surface area (Å²) in [4.78, 5) is 11.0. The lowest BCUT2D eigenvalue weighted by molar-refractivity contribution is 0.112. The molecule has 0 aliphatic carbocycles. The van der Waals surface area contributed by atoms with Crippen molar-refractivity contribution >= 4 is 41.1 Å². The van der Waals surface area contributed by atoms with Gasteiger partial charge in [0.2, 0.25) is 0 Å². The van der Waals surface area contributed by atoms with Crippen molar-refractivity contribution in [2.75, 3.05) is 0 Å². The molecule has 0 fully saturated rings. The molecule has 0 amide bonds. The van der Waals surface area contributed by atoms with Crippen molar-refractivity contribution in [2.24, 2.45) is 0 Å². The molecule has 2 rings (SSSR count). The van der Waals surface area contributed by atoms with Gasteiger partial charge in [0.15, 0.2) is 6.29 Å². The summed E-state index contributed by atoms with van der Waals surface area (Å²) >= 11 is 17.8. The van der Waals surface area contributed by atoms with Crippen molar-refractivity contribution in [1.82, 2.24) is 0 Å². The highest BCUT2D eigenvalue weighted by molar-refractivity contribution is 6.42. The fourth-order valence-corrected chi connectivity index (χ4v) is 1.94. The van der Waals surface area contributed by atoms with Gasteiger partial charge in [-0.15, -0.1) is 0 Å². The number of benzene rings is 2. The first-order chi connectivity index (χ1) is 8.63. The topological polar surface area (TPSA) is 26.3 Å². The summed E-state index contributed by atoms with van der Waals surface area (Å²) < 4.78 is 5.56. The van der Waals surface area contributed by atoms with E-state index in [0.717, 1.165) is 0 Å². The zero-order chi connectivity index (χ0) is 13.1. The Labute approximate surface area is 119 Å². The summed E-state index contributed by atoms with van der Waals surface area (Å²) in [5, 5.41) is 0.987. The average molecular weight is 302 g/mol. The number of carbonyl (C=O) groups is 1. The molecule has 2 nitrogen and oxygen atoms in total. The second-order valence-corrected chi connectivity index (χ2v) is 4.62. The maximum atomic E-state index is 11.0. The Morgan fingerprint density at radius 2 is 1.50 bits per heavy atom. The Morgan fingerprint density at radius 3 is 2.17 bits per heavy atom. The van der Waals surface area contributed by atoms with Crippen LogP contribution in [-0.2, 0) is 0 Å². The maximum Gasteiger partial charge on any atom is 0.155 e. The Bertz CT molecular complexity index is 597. The predicted molar refractivity (Wildman–Crippen MR) is 73.4 cm³/mol. The van der Waals surface area contributed by atoms with Crippen molar-refractivity contribution < 1.29 is 9.53 Å². The minimum absolute atomic E-state index is 0.273. The van der Waals surface area contributed by atoms with Crippen LogP contribution in [-0.4, -0.2) is 6.29 Å². The Hall–Kier alpha value is -1.22. The van der Waals surface area contributed by atoms with Crippen molar-refractivity contribution in [3.05, 3.63) is 57.0 Å². The lowest BCUT2D eigenvalue weighted by Gasteiger charge is -2.10. The quantitative estimate of drug-likeness (QED) is 0.724. The molecule has 0 N–H and O–H groups in total. The minimum Gasteiger partial charge on any atom is -0.455 e. The van der Waals surface area contributed by atoms with Crippen molar-refractivity contribution in [3.8, 4) is 11.5 Å². The Balaban J connectivity index is 2.43. The number of ether oxygens (including phenoxy) is 1. The summed E-state index contributed by atoms with van der Waals surface area (Å²) in [5.74, 6) is 0.705. The fraction of sp³-hybridized carbons (Fsp3) is 0. The third-order valence-electron chi connectivity index (χ3n) is 2.27. The highest BCUT2D eigenvalue weighted by Gasteiger charge is 2.11. The van der Waals surface area contributed by atoms with Crippen LogP contribution < -0.4 is 4.74 Å². The van der Waals surface area contributed by atoms with Gasteiger partial charge in [0.05, 0.1) is 15.6 Å². The predicted octanol–water partition coefficient (Wildman–Crippen LogP) is 5.25. The number of rotatable bonds is 3. The molecule has 2 aromatic carbocycles. The zero-order valence-electron chi connectivity index (χ0n) is 8.99. The molecule has 0 spiro atoms. The van der Waals surface area contributed by atoms with E-state index in [2.05, 4.69) is 0 Å². The van der Waals surface area contributed by atoms with Crippen LogP contribution in [0.3, 0.4) is 0 Å². The molecular formula is C13H7Cl3O2. The lowest BCUT2D eigenvalue weighted by atomic mass is 10.2. The molecule has 92 valence electrons. The fourth-order valence-electron chi connectivity index (χ4n) is 1.40. The molecule has 0 atom stereocenters. The van der Waals surface area contributed by atoms with Gasteiger partial charge in [-0.2, -0.15) is 0 Å². The standard InChI is InChI=1S/C13H7Cl3O2/c14-9-3-1-5-11(8(9)7-17)18-12-6-2-4-10(15)13(12)16/h1-7H. The van der Waals surface area contributed by atoms with Gasteiger partial charge in [-0.3, -0.25) is 4.79 Å². The van der Waals surface area contributed by atoms with Gasteiger partial charge in [0, 0.05) is 0 Å². The molecule has 18 heavy (non-hydrogen) atoms. The maximum absolute atomic E-state index is 11.0. The normalized spacial score (nSPS) is 10.2. The van der Waals surface area contributed by atoms with Gasteiger partial charge in [-0.1, -0.05) is 46.9 Å². The summed E-state index contributed by atoms with van der Waals surface area (Å²) in [6, 6.07) is 9.93. The zero-order valence-corrected chi connectivity index (χ0v) is 11.3. The van der Waals surface area contributed by atoms with Crippen LogP contribution in [0.4, 0.5) is 0 Å². The number of halogens is 3. The van der Waals surface area contributed by atoms with E-state index in [1.54, 1.807) is 36.4 Å². The number of carbonyl (C=O) groups excluding carboxylic acids is 1. The molecule has 0 heterocycles. The largest absolute Gasteiger partial charge is 0.455 e. The monoisotopic (exact) mass is 300 g/mol. The van der Waals surface area contributed by atoms with Crippen LogP contribution in [0, 0.1) is 0 Å². The molecule has 0 saturated carbocycles. The molecule has 0 unspecified atom stereocenters. The molecular weight excluding hydrogens is 294 g/mol. The molecule has 0 saturated heterocycles. The lowest BCUT2D eigenvalue weighted by Crippen LogP contribution is -1.92. The van der Waals surface area contributed by atoms with Crippen LogP contribution in [0.15, 0.2) is 36.4 Å². The van der Waals surface area contributed by atoms with Crippen LogP contribution in [0.5, 0.6) is 11.5 Å². The summed E-state index contributed by atoms with van der Waals surface area (Å²) in [6.45, 7) is 0. The highest BCUT2D eigenvalue weighted by Crippen LogP contribution is 2.36. The second-order valence-electron chi connectivity index (χ2n) is 3.42. The van der Waals surface area contributed by atoms with E-state index >= 15 is 0 Å². The molecule has 0 radical (unpaired) electrons. The van der Waals surface area contributed by atoms with Gasteiger partial charge in [0.25, 0.3) is 0 Å². The first-order valence-electron chi connectivity index (χ1n) is 4.99. The first-order valence-corrected chi connectivity index (χ1v) is 6.12. The molecule has 0 aromatic heterocycles. The van der Waals surface area contributed by atoms with E-state index in [0.29, 0.717) is 27.8 Å². The van der Waals surface area contributed by atoms with Crippen LogP contribution >= 0.6 is 34.8 Å². The van der Waals surface area contributed by atoms with Crippen LogP contribution in [0.25, 0.3) is 0 Å². The third kappa shape index (κ3) is 2.61. The van der Waals surface area contributed by atoms with Gasteiger partial charge in [-0.25, -0.2) is 0 Å². The molecule has 0 aliphatic rings. The van der Waals surface area contributed by atoms with Gasteiger partial charge in [0.1, 0.15) is 16.5 Å². The second kappa shape index (κ2) is 5.61. The highest BCUT2D eigenvalue weighted by atomic mass is 35.5. The van der Waals surface area contributed by atoms with E-state index < -0.39 is 0 Å². The molecule has 0 aliphatic heterocycles. The van der Waals surface area contributed by atoms with E-state index in [9.17, 15) is 4.79 Å². The third-order valence-corrected chi connectivity index (χ3v) is 3.40. The summed E-state index contributed by atoms with van der Waals surface area (Å²) in [7, 11) is 0. The minimum atomic E-state index is 0.273. The van der Waals surface area contributed by atoms with E-state index in [4.69, 9.17) is 39.5 Å². The van der Waals surface area contributed by atoms with Crippen LogP contribution in [0.1, 0.15) is 10.4 Å². The van der Waals surface area contributed by atoms with Gasteiger partial charge in [-0.05, 0) is 24.3 Å². The summed E-state index contributed by atoms with van der Waals surface area (Å²) in [5.41, 5.74) is 0.273. The Morgan fingerprint density at radius 1 is 0.889 bits per heavy atom. The number of hydrogen-bond acceptors (Lipinski definition) is 2. The van der Waals surface area contributed by atoms with Crippen LogP contribution in [0.2, 0.25) is 15.1 Å². The van der Waals surface area contributed by atoms with Gasteiger partial charge >= 0.3 is 0 Å².